The molecule has 0 heterocycles. The van der Waals surface area contributed by atoms with E-state index < -0.39 is 11.9 Å². The zero-order valence-electron chi connectivity index (χ0n) is 10.4. The second-order valence-corrected chi connectivity index (χ2v) is 4.58. The van der Waals surface area contributed by atoms with Crippen molar-refractivity contribution in [3.8, 4) is 0 Å². The van der Waals surface area contributed by atoms with Crippen LogP contribution in [0.1, 0.15) is 20.3 Å². The SMILES string of the molecule is CCOC(=O)[C](C(=O)OCC)C(CCS)SC. The molecule has 0 saturated heterocycles. The number of esters is 2. The Balaban J connectivity index is 4.79. The number of thioether (sulfide) groups is 1. The summed E-state index contributed by atoms with van der Waals surface area (Å²) in [6.07, 6.45) is 2.46. The van der Waals surface area contributed by atoms with Crippen molar-refractivity contribution in [2.75, 3.05) is 25.2 Å². The number of hydrogen-bond donors (Lipinski definition) is 1. The molecule has 0 aromatic carbocycles. The van der Waals surface area contributed by atoms with Gasteiger partial charge in [-0.1, -0.05) is 0 Å². The van der Waals surface area contributed by atoms with Gasteiger partial charge in [0.05, 0.1) is 13.2 Å². The van der Waals surface area contributed by atoms with Crippen LogP contribution in [0.4, 0.5) is 0 Å². The van der Waals surface area contributed by atoms with Gasteiger partial charge in [-0.3, -0.25) is 9.59 Å². The molecule has 0 aliphatic carbocycles. The molecule has 0 spiro atoms. The Morgan fingerprint density at radius 3 is 1.94 bits per heavy atom. The van der Waals surface area contributed by atoms with Crippen LogP contribution in [-0.4, -0.2) is 42.4 Å². The van der Waals surface area contributed by atoms with Crippen molar-refractivity contribution in [2.45, 2.75) is 25.5 Å². The zero-order valence-corrected chi connectivity index (χ0v) is 12.1. The lowest BCUT2D eigenvalue weighted by molar-refractivity contribution is -0.150. The Morgan fingerprint density at radius 2 is 1.65 bits per heavy atom. The lowest BCUT2D eigenvalue weighted by Gasteiger charge is -2.20. The average Bonchev–Trinajstić information content (AvgIpc) is 2.29. The second-order valence-electron chi connectivity index (χ2n) is 3.09. The normalized spacial score (nSPS) is 12.3. The van der Waals surface area contributed by atoms with Crippen LogP contribution < -0.4 is 0 Å². The Kier molecular flexibility index (Phi) is 9.44. The van der Waals surface area contributed by atoms with Gasteiger partial charge in [0, 0.05) is 5.25 Å². The summed E-state index contributed by atoms with van der Waals surface area (Å²) in [5.41, 5.74) is 0. The first-order chi connectivity index (χ1) is 8.12. The largest absolute Gasteiger partial charge is 0.465 e. The van der Waals surface area contributed by atoms with Crippen molar-refractivity contribution in [3.63, 3.8) is 0 Å². The van der Waals surface area contributed by atoms with Crippen LogP contribution in [0.15, 0.2) is 0 Å². The molecule has 0 aromatic heterocycles. The molecule has 1 atom stereocenters. The maximum absolute atomic E-state index is 11.7. The molecule has 0 amide bonds. The van der Waals surface area contributed by atoms with Gasteiger partial charge in [0.25, 0.3) is 0 Å². The smallest absolute Gasteiger partial charge is 0.326 e. The average molecular weight is 279 g/mol. The van der Waals surface area contributed by atoms with Crippen molar-refractivity contribution in [3.05, 3.63) is 5.92 Å². The molecular weight excluding hydrogens is 260 g/mol. The van der Waals surface area contributed by atoms with Crippen LogP contribution in [-0.2, 0) is 19.1 Å². The van der Waals surface area contributed by atoms with Gasteiger partial charge in [0.15, 0.2) is 0 Å². The van der Waals surface area contributed by atoms with Crippen LogP contribution in [0, 0.1) is 5.92 Å². The third-order valence-electron chi connectivity index (χ3n) is 1.99. The molecule has 6 heteroatoms. The Labute approximate surface area is 112 Å². The van der Waals surface area contributed by atoms with Crippen molar-refractivity contribution in [1.82, 2.24) is 0 Å². The third kappa shape index (κ3) is 5.68. The van der Waals surface area contributed by atoms with E-state index in [1.807, 2.05) is 6.26 Å². The summed E-state index contributed by atoms with van der Waals surface area (Å²) >= 11 is 5.54. The number of carbonyl (C=O) groups is 2. The zero-order chi connectivity index (χ0) is 13.3. The molecule has 0 rings (SSSR count). The highest BCUT2D eigenvalue weighted by Crippen LogP contribution is 2.25. The monoisotopic (exact) mass is 279 g/mol. The Hall–Kier alpha value is -0.360. The summed E-state index contributed by atoms with van der Waals surface area (Å²) in [5.74, 6) is -0.511. The van der Waals surface area contributed by atoms with Crippen molar-refractivity contribution < 1.29 is 19.1 Å². The highest BCUT2D eigenvalue weighted by atomic mass is 32.2. The molecule has 0 bridgehead atoms. The van der Waals surface area contributed by atoms with E-state index in [4.69, 9.17) is 9.47 Å². The molecule has 17 heavy (non-hydrogen) atoms. The van der Waals surface area contributed by atoms with Crippen molar-refractivity contribution in [1.29, 1.82) is 0 Å². The van der Waals surface area contributed by atoms with Gasteiger partial charge < -0.3 is 9.47 Å². The molecule has 0 fully saturated rings. The fourth-order valence-electron chi connectivity index (χ4n) is 1.26. The van der Waals surface area contributed by atoms with Crippen LogP contribution >= 0.6 is 24.4 Å². The van der Waals surface area contributed by atoms with E-state index in [2.05, 4.69) is 12.6 Å². The predicted octanol–water partition coefficient (Wildman–Crippen LogP) is 1.74. The maximum atomic E-state index is 11.7. The number of carbonyl (C=O) groups excluding carboxylic acids is 2. The van der Waals surface area contributed by atoms with Gasteiger partial charge in [-0.15, -0.1) is 0 Å². The van der Waals surface area contributed by atoms with E-state index >= 15 is 0 Å². The van der Waals surface area contributed by atoms with Crippen LogP contribution in [0.3, 0.4) is 0 Å². The lowest BCUT2D eigenvalue weighted by Crippen LogP contribution is -2.34. The molecule has 1 unspecified atom stereocenters. The topological polar surface area (TPSA) is 52.6 Å². The number of hydrogen-bond acceptors (Lipinski definition) is 6. The number of rotatable bonds is 8. The summed E-state index contributed by atoms with van der Waals surface area (Å²) in [5, 5.41) is -0.231. The summed E-state index contributed by atoms with van der Waals surface area (Å²) in [6.45, 7) is 3.88. The summed E-state index contributed by atoms with van der Waals surface area (Å²) in [7, 11) is 0. The minimum Gasteiger partial charge on any atom is -0.465 e. The molecule has 4 nitrogen and oxygen atoms in total. The Morgan fingerprint density at radius 1 is 1.18 bits per heavy atom. The summed E-state index contributed by atoms with van der Waals surface area (Å²) < 4.78 is 9.77. The van der Waals surface area contributed by atoms with Gasteiger partial charge in [-0.2, -0.15) is 24.4 Å². The van der Waals surface area contributed by atoms with Crippen molar-refractivity contribution in [2.24, 2.45) is 0 Å². The van der Waals surface area contributed by atoms with E-state index in [1.54, 1.807) is 13.8 Å². The van der Waals surface area contributed by atoms with Crippen LogP contribution in [0.2, 0.25) is 0 Å². The van der Waals surface area contributed by atoms with Gasteiger partial charge >= 0.3 is 11.9 Å². The van der Waals surface area contributed by atoms with E-state index in [0.29, 0.717) is 12.2 Å². The van der Waals surface area contributed by atoms with E-state index in [9.17, 15) is 9.59 Å². The van der Waals surface area contributed by atoms with E-state index in [1.165, 1.54) is 11.8 Å². The highest BCUT2D eigenvalue weighted by Gasteiger charge is 2.38. The maximum Gasteiger partial charge on any atom is 0.326 e. The number of thiol groups is 1. The summed E-state index contributed by atoms with van der Waals surface area (Å²) in [6, 6.07) is 0. The molecule has 0 N–H and O–H groups in total. The first-order valence-electron chi connectivity index (χ1n) is 5.47. The quantitative estimate of drug-likeness (QED) is 0.417. The number of ether oxygens (including phenoxy) is 2. The summed E-state index contributed by atoms with van der Waals surface area (Å²) in [4.78, 5) is 23.5. The second kappa shape index (κ2) is 9.65. The fraction of sp³-hybridized carbons (Fsp3) is 0.727. The first-order valence-corrected chi connectivity index (χ1v) is 7.39. The molecule has 0 aromatic rings. The molecule has 0 saturated carbocycles. The van der Waals surface area contributed by atoms with Gasteiger partial charge in [-0.25, -0.2) is 0 Å². The molecule has 99 valence electrons. The minimum absolute atomic E-state index is 0.0789. The Bertz CT molecular complexity index is 228. The van der Waals surface area contributed by atoms with Crippen LogP contribution in [0.5, 0.6) is 0 Å². The predicted molar refractivity (Wildman–Crippen MR) is 72.3 cm³/mol. The molecular formula is C11H19O4S2. The third-order valence-corrected chi connectivity index (χ3v) is 3.29. The first kappa shape index (κ1) is 16.6. The van der Waals surface area contributed by atoms with E-state index in [0.717, 1.165) is 0 Å². The molecule has 1 radical (unpaired) electrons. The lowest BCUT2D eigenvalue weighted by atomic mass is 10.0. The van der Waals surface area contributed by atoms with Gasteiger partial charge in [-0.05, 0) is 32.3 Å². The molecule has 0 aliphatic heterocycles. The molecule has 0 aliphatic rings. The fourth-order valence-corrected chi connectivity index (χ4v) is 2.48. The van der Waals surface area contributed by atoms with Crippen molar-refractivity contribution >= 4 is 36.3 Å². The minimum atomic E-state index is -0.591. The standard InChI is InChI=1S/C11H19O4S2/c1-4-14-10(12)9(11(13)15-5-2)8(17-3)6-7-16/h8,16H,4-7H2,1-3H3. The van der Waals surface area contributed by atoms with Gasteiger partial charge in [0.2, 0.25) is 5.92 Å². The van der Waals surface area contributed by atoms with Crippen LogP contribution in [0.25, 0.3) is 0 Å². The highest BCUT2D eigenvalue weighted by molar-refractivity contribution is 7.99. The van der Waals surface area contributed by atoms with Gasteiger partial charge in [0.1, 0.15) is 0 Å². The van der Waals surface area contributed by atoms with E-state index in [-0.39, 0.29) is 24.4 Å².